The van der Waals surface area contributed by atoms with E-state index in [1.165, 1.54) is 12.1 Å². The van der Waals surface area contributed by atoms with Crippen LogP contribution in [0.1, 0.15) is 35.2 Å². The van der Waals surface area contributed by atoms with E-state index in [1.54, 1.807) is 42.7 Å². The number of hydrogen-bond donors (Lipinski definition) is 5. The van der Waals surface area contributed by atoms with Crippen molar-refractivity contribution in [3.05, 3.63) is 76.0 Å². The molecular weight excluding hydrogens is 505 g/mol. The lowest BCUT2D eigenvalue weighted by atomic mass is 10.0. The van der Waals surface area contributed by atoms with Gasteiger partial charge in [0.15, 0.2) is 5.95 Å². The summed E-state index contributed by atoms with van der Waals surface area (Å²) in [7, 11) is 0. The van der Waals surface area contributed by atoms with Crippen molar-refractivity contribution in [3.63, 3.8) is 0 Å². The summed E-state index contributed by atoms with van der Waals surface area (Å²) >= 11 is 12.1. The smallest absolute Gasteiger partial charge is 0.326 e. The molecule has 0 saturated heterocycles. The molecule has 1 heterocycles. The maximum absolute atomic E-state index is 12.7. The molecule has 9 nitrogen and oxygen atoms in total. The van der Waals surface area contributed by atoms with Gasteiger partial charge in [0.2, 0.25) is 5.91 Å². The van der Waals surface area contributed by atoms with Crippen LogP contribution >= 0.6 is 23.2 Å². The van der Waals surface area contributed by atoms with Crippen molar-refractivity contribution in [3.8, 4) is 0 Å². The molecule has 1 aliphatic rings. The van der Waals surface area contributed by atoms with Gasteiger partial charge in [-0.2, -0.15) is 0 Å². The molecule has 11 heteroatoms. The largest absolute Gasteiger partial charge is 0.480 e. The number of carboxylic acids is 1. The molecule has 188 valence electrons. The first kappa shape index (κ1) is 25.5. The number of H-pyrrole nitrogens is 1. The summed E-state index contributed by atoms with van der Waals surface area (Å²) in [5, 5.41) is 18.6. The Bertz CT molecular complexity index is 1210. The number of anilines is 2. The second-order valence-corrected chi connectivity index (χ2v) is 9.45. The van der Waals surface area contributed by atoms with Gasteiger partial charge in [-0.25, -0.2) is 9.78 Å². The topological polar surface area (TPSA) is 136 Å². The molecule has 1 fully saturated rings. The normalized spacial score (nSPS) is 17.8. The molecule has 2 aromatic carbocycles. The summed E-state index contributed by atoms with van der Waals surface area (Å²) in [6, 6.07) is 10.5. The lowest BCUT2D eigenvalue weighted by Gasteiger charge is -2.16. The molecule has 1 aromatic heterocycles. The first-order valence-electron chi connectivity index (χ1n) is 11.4. The lowest BCUT2D eigenvalue weighted by molar-refractivity contribution is -0.139. The zero-order valence-electron chi connectivity index (χ0n) is 19.1. The van der Waals surface area contributed by atoms with Gasteiger partial charge in [-0.1, -0.05) is 41.4 Å². The molecule has 0 unspecified atom stereocenters. The zero-order valence-corrected chi connectivity index (χ0v) is 20.6. The summed E-state index contributed by atoms with van der Waals surface area (Å²) in [4.78, 5) is 44.3. The fourth-order valence-electron chi connectivity index (χ4n) is 4.24. The Kier molecular flexibility index (Phi) is 8.12. The second-order valence-electron chi connectivity index (χ2n) is 8.64. The number of carbonyl (C=O) groups is 3. The van der Waals surface area contributed by atoms with E-state index in [-0.39, 0.29) is 39.9 Å². The maximum atomic E-state index is 12.7. The number of carbonyl (C=O) groups excluding carboxylic acids is 2. The van der Waals surface area contributed by atoms with Crippen LogP contribution in [0, 0.1) is 5.92 Å². The van der Waals surface area contributed by atoms with E-state index in [2.05, 4.69) is 25.9 Å². The van der Waals surface area contributed by atoms with Crippen LogP contribution in [-0.2, 0) is 16.0 Å². The molecule has 2 amide bonds. The van der Waals surface area contributed by atoms with Gasteiger partial charge in [0.05, 0.1) is 15.6 Å². The molecule has 0 radical (unpaired) electrons. The third-order valence-electron chi connectivity index (χ3n) is 6.10. The predicted molar refractivity (Wildman–Crippen MR) is 137 cm³/mol. The van der Waals surface area contributed by atoms with Crippen molar-refractivity contribution >= 4 is 52.6 Å². The quantitative estimate of drug-likeness (QED) is 0.279. The van der Waals surface area contributed by atoms with Gasteiger partial charge in [0, 0.05) is 36.5 Å². The van der Waals surface area contributed by atoms with E-state index >= 15 is 0 Å². The van der Waals surface area contributed by atoms with Crippen LogP contribution in [0.5, 0.6) is 0 Å². The molecule has 4 rings (SSSR count). The van der Waals surface area contributed by atoms with Gasteiger partial charge < -0.3 is 26.0 Å². The van der Waals surface area contributed by atoms with Gasteiger partial charge in [-0.05, 0) is 49.1 Å². The monoisotopic (exact) mass is 529 g/mol. The maximum Gasteiger partial charge on any atom is 0.326 e. The van der Waals surface area contributed by atoms with Gasteiger partial charge >= 0.3 is 5.97 Å². The minimum absolute atomic E-state index is 0.0265. The summed E-state index contributed by atoms with van der Waals surface area (Å²) in [5.74, 6) is -1.33. The Morgan fingerprint density at radius 1 is 1.08 bits per heavy atom. The van der Waals surface area contributed by atoms with Crippen LogP contribution in [0.15, 0.2) is 54.9 Å². The molecule has 1 aliphatic carbocycles. The molecular formula is C25H25Cl2N5O4. The van der Waals surface area contributed by atoms with E-state index in [0.29, 0.717) is 23.6 Å². The minimum atomic E-state index is -1.19. The molecule has 3 atom stereocenters. The van der Waals surface area contributed by atoms with Crippen LogP contribution in [0.4, 0.5) is 11.6 Å². The van der Waals surface area contributed by atoms with Gasteiger partial charge in [0.1, 0.15) is 6.04 Å². The average molecular weight is 530 g/mol. The van der Waals surface area contributed by atoms with Crippen molar-refractivity contribution in [2.75, 3.05) is 10.6 Å². The number of carboxylic acid groups (broad SMARTS) is 1. The van der Waals surface area contributed by atoms with Crippen molar-refractivity contribution in [1.82, 2.24) is 15.3 Å². The highest BCUT2D eigenvalue weighted by Gasteiger charge is 2.30. The number of amides is 2. The van der Waals surface area contributed by atoms with Crippen LogP contribution in [0.2, 0.25) is 10.0 Å². The number of aromatic nitrogens is 2. The number of halogens is 2. The number of benzene rings is 2. The Morgan fingerprint density at radius 2 is 1.81 bits per heavy atom. The molecule has 0 spiro atoms. The van der Waals surface area contributed by atoms with Gasteiger partial charge in [-0.15, -0.1) is 0 Å². The van der Waals surface area contributed by atoms with Crippen molar-refractivity contribution in [2.24, 2.45) is 5.92 Å². The van der Waals surface area contributed by atoms with Crippen LogP contribution in [0.3, 0.4) is 0 Å². The number of rotatable bonds is 9. The highest BCUT2D eigenvalue weighted by Crippen LogP contribution is 2.29. The SMILES string of the molecule is O=C(N[C@@H](Cc1ccc(NC(=O)[C@@H]2CC[C@H](Nc3ncc[nH]3)C2)cc1)C(=O)O)c1c(Cl)cccc1Cl. The first-order valence-corrected chi connectivity index (χ1v) is 12.2. The zero-order chi connectivity index (χ0) is 25.7. The van der Waals surface area contributed by atoms with E-state index < -0.39 is 17.9 Å². The minimum Gasteiger partial charge on any atom is -0.480 e. The predicted octanol–water partition coefficient (Wildman–Crippen LogP) is 4.36. The number of imidazole rings is 1. The lowest BCUT2D eigenvalue weighted by Crippen LogP contribution is -2.42. The van der Waals surface area contributed by atoms with E-state index in [0.717, 1.165) is 12.8 Å². The summed E-state index contributed by atoms with van der Waals surface area (Å²) in [5.41, 5.74) is 1.32. The van der Waals surface area contributed by atoms with Crippen LogP contribution in [-0.4, -0.2) is 44.9 Å². The van der Waals surface area contributed by atoms with Crippen LogP contribution < -0.4 is 16.0 Å². The average Bonchev–Trinajstić information content (AvgIpc) is 3.52. The molecule has 5 N–H and O–H groups in total. The Labute approximate surface area is 217 Å². The Morgan fingerprint density at radius 3 is 2.44 bits per heavy atom. The molecule has 0 aliphatic heterocycles. The molecule has 1 saturated carbocycles. The van der Waals surface area contributed by atoms with Crippen molar-refractivity contribution in [2.45, 2.75) is 37.8 Å². The molecule has 36 heavy (non-hydrogen) atoms. The Hall–Kier alpha value is -3.56. The summed E-state index contributed by atoms with van der Waals surface area (Å²) in [6.07, 6.45) is 5.82. The van der Waals surface area contributed by atoms with E-state index in [9.17, 15) is 19.5 Å². The number of hydrogen-bond acceptors (Lipinski definition) is 5. The standard InChI is InChI=1S/C25H25Cl2N5O4/c26-18-2-1-3-19(27)21(18)23(34)32-20(24(35)36)12-14-4-7-16(8-5-14)30-22(33)15-6-9-17(13-15)31-25-28-10-11-29-25/h1-5,7-8,10-11,15,17,20H,6,9,12-13H2,(H,30,33)(H,32,34)(H,35,36)(H2,28,29,31)/t15-,17+,20+/m1/s1. The Balaban J connectivity index is 1.32. The van der Waals surface area contributed by atoms with Gasteiger partial charge in [0.25, 0.3) is 5.91 Å². The number of aromatic amines is 1. The summed E-state index contributed by atoms with van der Waals surface area (Å²) in [6.45, 7) is 0. The van der Waals surface area contributed by atoms with E-state index in [4.69, 9.17) is 23.2 Å². The van der Waals surface area contributed by atoms with Gasteiger partial charge in [-0.3, -0.25) is 9.59 Å². The second kappa shape index (κ2) is 11.5. The van der Waals surface area contributed by atoms with Crippen molar-refractivity contribution in [1.29, 1.82) is 0 Å². The van der Waals surface area contributed by atoms with Crippen molar-refractivity contribution < 1.29 is 19.5 Å². The highest BCUT2D eigenvalue weighted by atomic mass is 35.5. The number of aliphatic carboxylic acids is 1. The fourth-order valence-corrected chi connectivity index (χ4v) is 4.81. The number of nitrogens with one attached hydrogen (secondary N) is 4. The molecule has 3 aromatic rings. The molecule has 0 bridgehead atoms. The van der Waals surface area contributed by atoms with E-state index in [1.807, 2.05) is 0 Å². The fraction of sp³-hybridized carbons (Fsp3) is 0.280. The highest BCUT2D eigenvalue weighted by molar-refractivity contribution is 6.39. The first-order chi connectivity index (χ1) is 17.3. The summed E-state index contributed by atoms with van der Waals surface area (Å²) < 4.78 is 0. The number of nitrogens with zero attached hydrogens (tertiary/aromatic N) is 1. The van der Waals surface area contributed by atoms with Crippen LogP contribution in [0.25, 0.3) is 0 Å². The third kappa shape index (κ3) is 6.35. The third-order valence-corrected chi connectivity index (χ3v) is 6.73.